The second kappa shape index (κ2) is 7.07. The van der Waals surface area contributed by atoms with E-state index in [4.69, 9.17) is 11.5 Å². The van der Waals surface area contributed by atoms with Crippen LogP contribution >= 0.6 is 11.8 Å². The highest BCUT2D eigenvalue weighted by molar-refractivity contribution is 7.98. The maximum absolute atomic E-state index is 11.5. The highest BCUT2D eigenvalue weighted by Crippen LogP contribution is 2.02. The van der Waals surface area contributed by atoms with Gasteiger partial charge in [-0.05, 0) is 32.3 Å². The lowest BCUT2D eigenvalue weighted by Crippen LogP contribution is -2.52. The Kier molecular flexibility index (Phi) is 6.51. The number of hydrogen-bond donors (Lipinski definition) is 3. The van der Waals surface area contributed by atoms with Gasteiger partial charge in [0.25, 0.3) is 0 Å². The van der Waals surface area contributed by atoms with E-state index in [1.165, 1.54) is 11.8 Å². The number of terminal acetylenes is 1. The molecule has 6 heteroatoms. The van der Waals surface area contributed by atoms with E-state index < -0.39 is 23.6 Å². The molecule has 3 N–H and O–H groups in total. The van der Waals surface area contributed by atoms with Gasteiger partial charge in [-0.15, -0.1) is 6.42 Å². The molecular formula is C11H18N2O3S. The number of aliphatic carboxylic acids is 1. The Morgan fingerprint density at radius 3 is 2.53 bits per heavy atom. The van der Waals surface area contributed by atoms with Gasteiger partial charge in [0, 0.05) is 0 Å². The number of amides is 2. The quantitative estimate of drug-likeness (QED) is 0.619. The Morgan fingerprint density at radius 1 is 1.53 bits per heavy atom. The standard InChI is InChI=1S/C11H18N2O3S/c1-5-11(2,3)13-10(16)12-8(9(14)15)6-7-17-4/h1,8H,6-7H2,2-4H3,(H,14,15)(H2,12,13,16). The van der Waals surface area contributed by atoms with E-state index in [2.05, 4.69) is 16.6 Å². The molecule has 0 saturated carbocycles. The molecule has 0 spiro atoms. The molecule has 0 saturated heterocycles. The van der Waals surface area contributed by atoms with Crippen molar-refractivity contribution >= 4 is 23.8 Å². The Labute approximate surface area is 106 Å². The fourth-order valence-electron chi connectivity index (χ4n) is 1.01. The lowest BCUT2D eigenvalue weighted by molar-refractivity contribution is -0.139. The number of urea groups is 1. The molecule has 0 aliphatic carbocycles. The number of rotatable bonds is 6. The largest absolute Gasteiger partial charge is 0.480 e. The third-order valence-electron chi connectivity index (χ3n) is 2.00. The van der Waals surface area contributed by atoms with E-state index in [1.54, 1.807) is 13.8 Å². The summed E-state index contributed by atoms with van der Waals surface area (Å²) < 4.78 is 0. The van der Waals surface area contributed by atoms with Crippen molar-refractivity contribution in [3.05, 3.63) is 0 Å². The van der Waals surface area contributed by atoms with Gasteiger partial charge in [0.1, 0.15) is 6.04 Å². The number of carboxylic acid groups (broad SMARTS) is 1. The van der Waals surface area contributed by atoms with Crippen molar-refractivity contribution in [2.75, 3.05) is 12.0 Å². The third kappa shape index (κ3) is 6.74. The molecule has 5 nitrogen and oxygen atoms in total. The van der Waals surface area contributed by atoms with Crippen LogP contribution in [0.4, 0.5) is 4.79 Å². The van der Waals surface area contributed by atoms with Crippen LogP contribution in [-0.4, -0.2) is 40.7 Å². The van der Waals surface area contributed by atoms with Gasteiger partial charge < -0.3 is 15.7 Å². The lowest BCUT2D eigenvalue weighted by atomic mass is 10.1. The summed E-state index contributed by atoms with van der Waals surface area (Å²) in [7, 11) is 0. The Bertz CT molecular complexity index is 323. The van der Waals surface area contributed by atoms with Crippen molar-refractivity contribution in [3.8, 4) is 12.3 Å². The number of carbonyl (C=O) groups is 2. The van der Waals surface area contributed by atoms with Gasteiger partial charge >= 0.3 is 12.0 Å². The van der Waals surface area contributed by atoms with Crippen molar-refractivity contribution < 1.29 is 14.7 Å². The molecule has 0 aliphatic heterocycles. The summed E-state index contributed by atoms with van der Waals surface area (Å²) in [5.41, 5.74) is -0.799. The molecule has 0 aromatic carbocycles. The van der Waals surface area contributed by atoms with Crippen LogP contribution in [0, 0.1) is 12.3 Å². The first kappa shape index (κ1) is 15.7. The third-order valence-corrected chi connectivity index (χ3v) is 2.64. The van der Waals surface area contributed by atoms with Crippen LogP contribution < -0.4 is 10.6 Å². The summed E-state index contributed by atoms with van der Waals surface area (Å²) in [5.74, 6) is 2.01. The van der Waals surface area contributed by atoms with Gasteiger partial charge in [0.05, 0.1) is 5.54 Å². The normalized spacial score (nSPS) is 12.4. The van der Waals surface area contributed by atoms with Crippen molar-refractivity contribution in [1.82, 2.24) is 10.6 Å². The highest BCUT2D eigenvalue weighted by Gasteiger charge is 2.22. The van der Waals surface area contributed by atoms with Crippen molar-refractivity contribution in [3.63, 3.8) is 0 Å². The van der Waals surface area contributed by atoms with Crippen molar-refractivity contribution in [2.24, 2.45) is 0 Å². The molecule has 1 unspecified atom stereocenters. The molecule has 0 rings (SSSR count). The van der Waals surface area contributed by atoms with E-state index in [9.17, 15) is 9.59 Å². The molecular weight excluding hydrogens is 240 g/mol. The summed E-state index contributed by atoms with van der Waals surface area (Å²) >= 11 is 1.52. The van der Waals surface area contributed by atoms with Crippen LogP contribution in [-0.2, 0) is 4.79 Å². The Hall–Kier alpha value is -1.35. The summed E-state index contributed by atoms with van der Waals surface area (Å²) in [5, 5.41) is 13.8. The number of carboxylic acids is 1. The van der Waals surface area contributed by atoms with Crippen LogP contribution in [0.1, 0.15) is 20.3 Å². The minimum Gasteiger partial charge on any atom is -0.480 e. The first-order valence-electron chi connectivity index (χ1n) is 5.10. The average Bonchev–Trinajstić information content (AvgIpc) is 2.23. The first-order chi connectivity index (χ1) is 7.82. The first-order valence-corrected chi connectivity index (χ1v) is 6.50. The monoisotopic (exact) mass is 258 g/mol. The predicted octanol–water partition coefficient (Wildman–Crippen LogP) is 0.904. The van der Waals surface area contributed by atoms with Crippen LogP contribution in [0.5, 0.6) is 0 Å². The lowest BCUT2D eigenvalue weighted by Gasteiger charge is -2.22. The zero-order chi connectivity index (χ0) is 13.5. The molecule has 0 heterocycles. The van der Waals surface area contributed by atoms with E-state index in [-0.39, 0.29) is 0 Å². The highest BCUT2D eigenvalue weighted by atomic mass is 32.2. The topological polar surface area (TPSA) is 78.4 Å². The molecule has 0 fully saturated rings. The summed E-state index contributed by atoms with van der Waals surface area (Å²) in [6.07, 6.45) is 7.46. The average molecular weight is 258 g/mol. The van der Waals surface area contributed by atoms with Gasteiger partial charge in [0.15, 0.2) is 0 Å². The minimum atomic E-state index is -1.05. The Morgan fingerprint density at radius 2 is 2.12 bits per heavy atom. The van der Waals surface area contributed by atoms with Crippen molar-refractivity contribution in [1.29, 1.82) is 0 Å². The zero-order valence-electron chi connectivity index (χ0n) is 10.2. The van der Waals surface area contributed by atoms with E-state index >= 15 is 0 Å². The van der Waals surface area contributed by atoms with Gasteiger partial charge in [-0.3, -0.25) is 0 Å². The summed E-state index contributed by atoms with van der Waals surface area (Å²) in [4.78, 5) is 22.4. The Balaban J connectivity index is 4.32. The SMILES string of the molecule is C#CC(C)(C)NC(=O)NC(CCSC)C(=O)O. The second-order valence-electron chi connectivity index (χ2n) is 4.04. The fourth-order valence-corrected chi connectivity index (χ4v) is 1.48. The molecule has 0 aromatic rings. The van der Waals surface area contributed by atoms with E-state index in [0.29, 0.717) is 12.2 Å². The van der Waals surface area contributed by atoms with Crippen LogP contribution in [0.3, 0.4) is 0 Å². The maximum atomic E-state index is 11.5. The van der Waals surface area contributed by atoms with Gasteiger partial charge in [0.2, 0.25) is 0 Å². The minimum absolute atomic E-state index is 0.375. The molecule has 0 aliphatic rings. The summed E-state index contributed by atoms with van der Waals surface area (Å²) in [6, 6.07) is -1.46. The zero-order valence-corrected chi connectivity index (χ0v) is 11.1. The van der Waals surface area contributed by atoms with E-state index in [1.807, 2.05) is 6.26 Å². The number of thioether (sulfide) groups is 1. The molecule has 96 valence electrons. The molecule has 17 heavy (non-hydrogen) atoms. The molecule has 1 atom stereocenters. The van der Waals surface area contributed by atoms with Crippen LogP contribution in [0.2, 0.25) is 0 Å². The second-order valence-corrected chi connectivity index (χ2v) is 5.03. The maximum Gasteiger partial charge on any atom is 0.326 e. The number of carbonyl (C=O) groups excluding carboxylic acids is 1. The number of nitrogens with one attached hydrogen (secondary N) is 2. The molecule has 0 aromatic heterocycles. The van der Waals surface area contributed by atoms with Gasteiger partial charge in [-0.25, -0.2) is 9.59 Å². The predicted molar refractivity (Wildman–Crippen MR) is 69.0 cm³/mol. The molecule has 0 radical (unpaired) electrons. The van der Waals surface area contributed by atoms with Crippen LogP contribution in [0.25, 0.3) is 0 Å². The number of hydrogen-bond acceptors (Lipinski definition) is 3. The van der Waals surface area contributed by atoms with Gasteiger partial charge in [-0.2, -0.15) is 11.8 Å². The fraction of sp³-hybridized carbons (Fsp3) is 0.636. The van der Waals surface area contributed by atoms with Gasteiger partial charge in [-0.1, -0.05) is 5.92 Å². The van der Waals surface area contributed by atoms with E-state index in [0.717, 1.165) is 0 Å². The van der Waals surface area contributed by atoms with Crippen molar-refractivity contribution in [2.45, 2.75) is 31.8 Å². The molecule has 0 bridgehead atoms. The molecule has 2 amide bonds. The van der Waals surface area contributed by atoms with Crippen LogP contribution in [0.15, 0.2) is 0 Å². The summed E-state index contributed by atoms with van der Waals surface area (Å²) in [6.45, 7) is 3.31. The smallest absolute Gasteiger partial charge is 0.326 e.